The van der Waals surface area contributed by atoms with E-state index < -0.39 is 0 Å². The maximum absolute atomic E-state index is 11.1. The van der Waals surface area contributed by atoms with Crippen LogP contribution in [0.4, 0.5) is 0 Å². The summed E-state index contributed by atoms with van der Waals surface area (Å²) in [7, 11) is 0. The Morgan fingerprint density at radius 1 is 1.12 bits per heavy atom. The molecule has 1 saturated heterocycles. The Labute approximate surface area is 100 Å². The van der Waals surface area contributed by atoms with E-state index in [4.69, 9.17) is 9.47 Å². The number of ether oxygens (including phenoxy) is 2. The van der Waals surface area contributed by atoms with Gasteiger partial charge in [-0.25, -0.2) is 0 Å². The molecule has 0 radical (unpaired) electrons. The van der Waals surface area contributed by atoms with Crippen molar-refractivity contribution in [2.24, 2.45) is 0 Å². The molecule has 0 atom stereocenters. The average Bonchev–Trinajstić information content (AvgIpc) is 2.80. The van der Waals surface area contributed by atoms with Gasteiger partial charge in [0.25, 0.3) is 0 Å². The minimum absolute atomic E-state index is 0.0657. The summed E-state index contributed by atoms with van der Waals surface area (Å²) in [5.41, 5.74) is 0.0657. The fourth-order valence-electron chi connectivity index (χ4n) is 2.79. The molecule has 0 unspecified atom stereocenters. The molecule has 17 heavy (non-hydrogen) atoms. The van der Waals surface area contributed by atoms with Crippen LogP contribution in [0.1, 0.15) is 31.7 Å². The van der Waals surface area contributed by atoms with Crippen molar-refractivity contribution in [3.63, 3.8) is 0 Å². The van der Waals surface area contributed by atoms with Crippen LogP contribution in [0, 0.1) is 0 Å². The fraction of sp³-hybridized carbons (Fsp3) is 0.615. The van der Waals surface area contributed by atoms with E-state index >= 15 is 0 Å². The minimum Gasteiger partial charge on any atom is -0.351 e. The van der Waals surface area contributed by atoms with Gasteiger partial charge in [-0.1, -0.05) is 0 Å². The number of hydrogen-bond acceptors (Lipinski definition) is 3. The first kappa shape index (κ1) is 11.0. The molecule has 0 N–H and O–H groups in total. The second-order valence-electron chi connectivity index (χ2n) is 4.82. The topological polar surface area (TPSA) is 40.5 Å². The van der Waals surface area contributed by atoms with E-state index in [1.54, 1.807) is 12.1 Å². The largest absolute Gasteiger partial charge is 0.351 e. The highest BCUT2D eigenvalue weighted by atomic mass is 16.7. The van der Waals surface area contributed by atoms with E-state index in [1.807, 2.05) is 12.4 Å². The Bertz CT molecular complexity index is 418. The third kappa shape index (κ3) is 2.15. The first-order valence-corrected chi connectivity index (χ1v) is 6.23. The molecule has 2 aliphatic rings. The number of rotatable bonds is 1. The molecule has 1 aliphatic heterocycles. The first-order valence-electron chi connectivity index (χ1n) is 6.23. The summed E-state index contributed by atoms with van der Waals surface area (Å²) in [6, 6.07) is 3.70. The van der Waals surface area contributed by atoms with Gasteiger partial charge in [-0.15, -0.1) is 0 Å². The van der Waals surface area contributed by atoms with E-state index in [0.29, 0.717) is 6.04 Å². The molecule has 1 spiro atoms. The highest BCUT2D eigenvalue weighted by Crippen LogP contribution is 2.39. The standard InChI is InChI=1S/C13H17NO3/c15-12-3-7-14(8-4-12)11-1-5-13(6-2-11)16-9-10-17-13/h3-4,7-8,11H,1-2,5-6,9-10H2. The van der Waals surface area contributed by atoms with Crippen molar-refractivity contribution in [3.8, 4) is 0 Å². The van der Waals surface area contributed by atoms with Crippen molar-refractivity contribution in [2.45, 2.75) is 37.5 Å². The van der Waals surface area contributed by atoms with Crippen molar-refractivity contribution in [3.05, 3.63) is 34.7 Å². The molecule has 3 rings (SSSR count). The van der Waals surface area contributed by atoms with Crippen molar-refractivity contribution in [1.82, 2.24) is 4.57 Å². The highest BCUT2D eigenvalue weighted by molar-refractivity contribution is 4.97. The van der Waals surface area contributed by atoms with Crippen molar-refractivity contribution in [2.75, 3.05) is 13.2 Å². The zero-order chi connectivity index (χ0) is 11.7. The zero-order valence-corrected chi connectivity index (χ0v) is 9.80. The smallest absolute Gasteiger partial charge is 0.181 e. The van der Waals surface area contributed by atoms with Crippen LogP contribution in [0.25, 0.3) is 0 Å². The van der Waals surface area contributed by atoms with Crippen LogP contribution in [0.15, 0.2) is 29.3 Å². The molecule has 2 heterocycles. The van der Waals surface area contributed by atoms with Crippen LogP contribution in [0.2, 0.25) is 0 Å². The van der Waals surface area contributed by atoms with E-state index in [-0.39, 0.29) is 11.2 Å². The molecular formula is C13H17NO3. The van der Waals surface area contributed by atoms with Gasteiger partial charge >= 0.3 is 0 Å². The summed E-state index contributed by atoms with van der Waals surface area (Å²) >= 11 is 0. The molecular weight excluding hydrogens is 218 g/mol. The monoisotopic (exact) mass is 235 g/mol. The maximum atomic E-state index is 11.1. The predicted molar refractivity (Wildman–Crippen MR) is 62.8 cm³/mol. The lowest BCUT2D eigenvalue weighted by Gasteiger charge is -2.36. The van der Waals surface area contributed by atoms with Gasteiger partial charge in [0.15, 0.2) is 11.2 Å². The Hall–Kier alpha value is -1.13. The second kappa shape index (κ2) is 4.27. The number of hydrogen-bond donors (Lipinski definition) is 0. The molecule has 1 aliphatic carbocycles. The summed E-state index contributed by atoms with van der Waals surface area (Å²) in [5.74, 6) is -0.296. The molecule has 0 bridgehead atoms. The Balaban J connectivity index is 1.68. The minimum atomic E-state index is -0.296. The summed E-state index contributed by atoms with van der Waals surface area (Å²) in [6.45, 7) is 1.45. The third-order valence-electron chi connectivity index (χ3n) is 3.77. The Morgan fingerprint density at radius 2 is 1.71 bits per heavy atom. The van der Waals surface area contributed by atoms with Crippen LogP contribution >= 0.6 is 0 Å². The first-order chi connectivity index (χ1) is 8.27. The molecule has 92 valence electrons. The summed E-state index contributed by atoms with van der Waals surface area (Å²) in [6.07, 6.45) is 7.74. The molecule has 2 fully saturated rings. The Kier molecular flexibility index (Phi) is 2.76. The molecule has 1 aromatic rings. The predicted octanol–water partition coefficient (Wildman–Crippen LogP) is 1.71. The second-order valence-corrected chi connectivity index (χ2v) is 4.82. The molecule has 0 aromatic carbocycles. The summed E-state index contributed by atoms with van der Waals surface area (Å²) < 4.78 is 13.5. The van der Waals surface area contributed by atoms with Gasteiger partial charge in [0.1, 0.15) is 0 Å². The van der Waals surface area contributed by atoms with E-state index in [0.717, 1.165) is 38.9 Å². The van der Waals surface area contributed by atoms with Crippen LogP contribution in [0.3, 0.4) is 0 Å². The quantitative estimate of drug-likeness (QED) is 0.744. The summed E-state index contributed by atoms with van der Waals surface area (Å²) in [4.78, 5) is 11.1. The van der Waals surface area contributed by atoms with Gasteiger partial charge in [-0.3, -0.25) is 4.79 Å². The molecule has 1 aromatic heterocycles. The number of pyridine rings is 1. The summed E-state index contributed by atoms with van der Waals surface area (Å²) in [5, 5.41) is 0. The maximum Gasteiger partial charge on any atom is 0.181 e. The average molecular weight is 235 g/mol. The molecule has 4 heteroatoms. The Morgan fingerprint density at radius 3 is 2.29 bits per heavy atom. The molecule has 4 nitrogen and oxygen atoms in total. The van der Waals surface area contributed by atoms with Gasteiger partial charge in [0.2, 0.25) is 0 Å². The van der Waals surface area contributed by atoms with E-state index in [9.17, 15) is 4.79 Å². The van der Waals surface area contributed by atoms with Crippen molar-refractivity contribution < 1.29 is 9.47 Å². The van der Waals surface area contributed by atoms with Gasteiger partial charge in [0.05, 0.1) is 13.2 Å². The van der Waals surface area contributed by atoms with Crippen molar-refractivity contribution in [1.29, 1.82) is 0 Å². The van der Waals surface area contributed by atoms with Crippen LogP contribution in [0.5, 0.6) is 0 Å². The third-order valence-corrected chi connectivity index (χ3v) is 3.77. The van der Waals surface area contributed by atoms with Crippen LogP contribution < -0.4 is 5.43 Å². The molecule has 1 saturated carbocycles. The SMILES string of the molecule is O=c1ccn(C2CCC3(CC2)OCCO3)cc1. The molecule has 0 amide bonds. The van der Waals surface area contributed by atoms with Gasteiger partial charge in [-0.05, 0) is 12.8 Å². The van der Waals surface area contributed by atoms with Gasteiger partial charge < -0.3 is 14.0 Å². The van der Waals surface area contributed by atoms with E-state index in [2.05, 4.69) is 4.57 Å². The van der Waals surface area contributed by atoms with Gasteiger partial charge in [-0.2, -0.15) is 0 Å². The fourth-order valence-corrected chi connectivity index (χ4v) is 2.79. The van der Waals surface area contributed by atoms with Crippen LogP contribution in [-0.2, 0) is 9.47 Å². The zero-order valence-electron chi connectivity index (χ0n) is 9.80. The number of aromatic nitrogens is 1. The normalized spacial score (nSPS) is 24.2. The lowest BCUT2D eigenvalue weighted by molar-refractivity contribution is -0.181. The number of nitrogens with zero attached hydrogens (tertiary/aromatic N) is 1. The highest BCUT2D eigenvalue weighted by Gasteiger charge is 2.40. The van der Waals surface area contributed by atoms with E-state index in [1.165, 1.54) is 0 Å². The van der Waals surface area contributed by atoms with Gasteiger partial charge in [0, 0.05) is 43.4 Å². The lowest BCUT2D eigenvalue weighted by atomic mass is 9.90. The lowest BCUT2D eigenvalue weighted by Crippen LogP contribution is -2.35. The van der Waals surface area contributed by atoms with Crippen LogP contribution in [-0.4, -0.2) is 23.6 Å². The van der Waals surface area contributed by atoms with Crippen molar-refractivity contribution >= 4 is 0 Å².